The SMILES string of the molecule is O=C(NOCc1ccccc1)c1ccc(=O)n(CCOc2ccccc2)n1. The number of para-hydroxylation sites is 1. The first-order valence-corrected chi connectivity index (χ1v) is 8.44. The van der Waals surface area contributed by atoms with Crippen molar-refractivity contribution in [2.24, 2.45) is 0 Å². The van der Waals surface area contributed by atoms with Crippen LogP contribution in [-0.4, -0.2) is 22.3 Å². The third-order valence-electron chi connectivity index (χ3n) is 3.66. The molecule has 0 aliphatic carbocycles. The molecule has 27 heavy (non-hydrogen) atoms. The van der Waals surface area contributed by atoms with E-state index in [0.29, 0.717) is 5.75 Å². The Morgan fingerprint density at radius 3 is 2.41 bits per heavy atom. The van der Waals surface area contributed by atoms with E-state index in [1.807, 2.05) is 60.7 Å². The van der Waals surface area contributed by atoms with Crippen molar-refractivity contribution in [3.63, 3.8) is 0 Å². The van der Waals surface area contributed by atoms with Gasteiger partial charge in [0.25, 0.3) is 11.5 Å². The van der Waals surface area contributed by atoms with Crippen LogP contribution in [0.4, 0.5) is 0 Å². The smallest absolute Gasteiger partial charge is 0.295 e. The number of amides is 1. The molecule has 1 amide bonds. The summed E-state index contributed by atoms with van der Waals surface area (Å²) in [5.74, 6) is 0.178. The predicted octanol–water partition coefficient (Wildman–Crippen LogP) is 2.18. The Morgan fingerprint density at radius 1 is 0.963 bits per heavy atom. The maximum atomic E-state index is 12.1. The second kappa shape index (κ2) is 9.30. The Hall–Kier alpha value is -3.45. The van der Waals surface area contributed by atoms with Crippen molar-refractivity contribution in [1.82, 2.24) is 15.3 Å². The van der Waals surface area contributed by atoms with Crippen LogP contribution in [0.1, 0.15) is 16.1 Å². The number of carbonyl (C=O) groups excluding carboxylic acids is 1. The largest absolute Gasteiger partial charge is 0.492 e. The summed E-state index contributed by atoms with van der Waals surface area (Å²) < 4.78 is 6.74. The van der Waals surface area contributed by atoms with E-state index in [9.17, 15) is 9.59 Å². The van der Waals surface area contributed by atoms with Gasteiger partial charge in [0, 0.05) is 6.07 Å². The molecule has 0 aliphatic rings. The Bertz CT molecular complexity index is 927. The number of hydroxylamine groups is 1. The van der Waals surface area contributed by atoms with Gasteiger partial charge in [-0.3, -0.25) is 14.4 Å². The summed E-state index contributed by atoms with van der Waals surface area (Å²) >= 11 is 0. The molecule has 2 aromatic carbocycles. The molecule has 7 heteroatoms. The molecule has 3 aromatic rings. The minimum absolute atomic E-state index is 0.0855. The molecular formula is C20H19N3O4. The van der Waals surface area contributed by atoms with E-state index in [-0.39, 0.29) is 31.0 Å². The molecule has 0 atom stereocenters. The Labute approximate surface area is 156 Å². The lowest BCUT2D eigenvalue weighted by Crippen LogP contribution is -2.30. The van der Waals surface area contributed by atoms with Crippen LogP contribution in [0, 0.1) is 0 Å². The Kier molecular flexibility index (Phi) is 6.32. The zero-order valence-electron chi connectivity index (χ0n) is 14.6. The van der Waals surface area contributed by atoms with Gasteiger partial charge in [0.2, 0.25) is 0 Å². The molecule has 0 spiro atoms. The highest BCUT2D eigenvalue weighted by Gasteiger charge is 2.10. The number of hydrogen-bond acceptors (Lipinski definition) is 5. The van der Waals surface area contributed by atoms with E-state index < -0.39 is 5.91 Å². The second-order valence-electron chi connectivity index (χ2n) is 5.65. The van der Waals surface area contributed by atoms with Crippen LogP contribution < -0.4 is 15.8 Å². The molecule has 0 saturated carbocycles. The maximum absolute atomic E-state index is 12.1. The number of ether oxygens (including phenoxy) is 1. The molecular weight excluding hydrogens is 346 g/mol. The fourth-order valence-corrected chi connectivity index (χ4v) is 2.31. The van der Waals surface area contributed by atoms with Crippen LogP contribution in [-0.2, 0) is 18.0 Å². The summed E-state index contributed by atoms with van der Waals surface area (Å²) in [6.45, 7) is 0.712. The highest BCUT2D eigenvalue weighted by Crippen LogP contribution is 2.07. The zero-order valence-corrected chi connectivity index (χ0v) is 14.6. The highest BCUT2D eigenvalue weighted by molar-refractivity contribution is 5.91. The topological polar surface area (TPSA) is 82.5 Å². The van der Waals surface area contributed by atoms with Gasteiger partial charge in [-0.25, -0.2) is 10.2 Å². The molecule has 1 aromatic heterocycles. The number of benzene rings is 2. The third kappa shape index (κ3) is 5.52. The number of nitrogens with one attached hydrogen (secondary N) is 1. The van der Waals surface area contributed by atoms with Crippen molar-refractivity contribution in [2.75, 3.05) is 6.61 Å². The lowest BCUT2D eigenvalue weighted by Gasteiger charge is -2.09. The van der Waals surface area contributed by atoms with Crippen molar-refractivity contribution in [2.45, 2.75) is 13.2 Å². The molecule has 0 fully saturated rings. The fourth-order valence-electron chi connectivity index (χ4n) is 2.31. The molecule has 3 rings (SSSR count). The van der Waals surface area contributed by atoms with Gasteiger partial charge in [0.1, 0.15) is 12.4 Å². The van der Waals surface area contributed by atoms with Crippen LogP contribution in [0.2, 0.25) is 0 Å². The number of rotatable bonds is 8. The van der Waals surface area contributed by atoms with Gasteiger partial charge in [-0.1, -0.05) is 48.5 Å². The van der Waals surface area contributed by atoms with Crippen LogP contribution in [0.5, 0.6) is 5.75 Å². The van der Waals surface area contributed by atoms with Gasteiger partial charge in [-0.2, -0.15) is 5.10 Å². The summed E-state index contributed by atoms with van der Waals surface area (Å²) in [5, 5.41) is 4.06. The molecule has 0 saturated heterocycles. The summed E-state index contributed by atoms with van der Waals surface area (Å²) in [7, 11) is 0. The first-order chi connectivity index (χ1) is 13.2. The first-order valence-electron chi connectivity index (χ1n) is 8.44. The van der Waals surface area contributed by atoms with Crippen LogP contribution in [0.3, 0.4) is 0 Å². The van der Waals surface area contributed by atoms with Crippen LogP contribution in [0.15, 0.2) is 77.6 Å². The second-order valence-corrected chi connectivity index (χ2v) is 5.65. The average Bonchev–Trinajstić information content (AvgIpc) is 2.71. The van der Waals surface area contributed by atoms with Crippen molar-refractivity contribution in [3.05, 3.63) is 94.4 Å². The Balaban J connectivity index is 1.54. The van der Waals surface area contributed by atoms with Crippen molar-refractivity contribution in [1.29, 1.82) is 0 Å². The van der Waals surface area contributed by atoms with Crippen molar-refractivity contribution < 1.29 is 14.4 Å². The fraction of sp³-hybridized carbons (Fsp3) is 0.150. The monoisotopic (exact) mass is 365 g/mol. The lowest BCUT2D eigenvalue weighted by atomic mass is 10.2. The zero-order chi connectivity index (χ0) is 18.9. The summed E-state index contributed by atoms with van der Waals surface area (Å²) in [4.78, 5) is 29.3. The molecule has 1 N–H and O–H groups in total. The molecule has 7 nitrogen and oxygen atoms in total. The number of aromatic nitrogens is 2. The van der Waals surface area contributed by atoms with E-state index in [1.54, 1.807) is 0 Å². The lowest BCUT2D eigenvalue weighted by molar-refractivity contribution is 0.0227. The number of hydrogen-bond donors (Lipinski definition) is 1. The van der Waals surface area contributed by atoms with Gasteiger partial charge in [0.15, 0.2) is 5.69 Å². The molecule has 0 radical (unpaired) electrons. The van der Waals surface area contributed by atoms with E-state index in [2.05, 4.69) is 10.6 Å². The van der Waals surface area contributed by atoms with Gasteiger partial charge in [-0.05, 0) is 23.8 Å². The average molecular weight is 365 g/mol. The van der Waals surface area contributed by atoms with E-state index in [4.69, 9.17) is 9.57 Å². The van der Waals surface area contributed by atoms with E-state index >= 15 is 0 Å². The van der Waals surface area contributed by atoms with Gasteiger partial charge in [0.05, 0.1) is 13.2 Å². The minimum Gasteiger partial charge on any atom is -0.492 e. The van der Waals surface area contributed by atoms with Gasteiger partial charge >= 0.3 is 0 Å². The molecule has 138 valence electrons. The molecule has 0 aliphatic heterocycles. The Morgan fingerprint density at radius 2 is 1.67 bits per heavy atom. The highest BCUT2D eigenvalue weighted by atomic mass is 16.6. The summed E-state index contributed by atoms with van der Waals surface area (Å²) in [6.07, 6.45) is 0. The third-order valence-corrected chi connectivity index (χ3v) is 3.66. The molecule has 0 unspecified atom stereocenters. The summed E-state index contributed by atoms with van der Waals surface area (Å²) in [5.41, 5.74) is 3.03. The van der Waals surface area contributed by atoms with Crippen molar-refractivity contribution >= 4 is 5.91 Å². The van der Waals surface area contributed by atoms with Gasteiger partial charge < -0.3 is 4.74 Å². The quantitative estimate of drug-likeness (QED) is 0.619. The van der Waals surface area contributed by atoms with Crippen LogP contribution >= 0.6 is 0 Å². The standard InChI is InChI=1S/C20H19N3O4/c24-19-12-11-18(20(25)22-27-15-16-7-3-1-4-8-16)21-23(19)13-14-26-17-9-5-2-6-10-17/h1-12H,13-15H2,(H,22,25). The molecule has 0 bridgehead atoms. The maximum Gasteiger partial charge on any atom is 0.295 e. The van der Waals surface area contributed by atoms with Gasteiger partial charge in [-0.15, -0.1) is 0 Å². The number of carbonyl (C=O) groups is 1. The normalized spacial score (nSPS) is 10.4. The van der Waals surface area contributed by atoms with E-state index in [0.717, 1.165) is 5.56 Å². The van der Waals surface area contributed by atoms with Crippen LogP contribution in [0.25, 0.3) is 0 Å². The first kappa shape index (κ1) is 18.3. The summed E-state index contributed by atoms with van der Waals surface area (Å²) in [6, 6.07) is 21.4. The number of nitrogens with zero attached hydrogens (tertiary/aromatic N) is 2. The molecule has 1 heterocycles. The van der Waals surface area contributed by atoms with E-state index in [1.165, 1.54) is 16.8 Å². The van der Waals surface area contributed by atoms with Crippen molar-refractivity contribution in [3.8, 4) is 5.75 Å². The predicted molar refractivity (Wildman–Crippen MR) is 99.1 cm³/mol. The minimum atomic E-state index is -0.524.